The van der Waals surface area contributed by atoms with Crippen molar-refractivity contribution in [2.45, 2.75) is 32.1 Å². The summed E-state index contributed by atoms with van der Waals surface area (Å²) in [6.07, 6.45) is -0.0887. The third-order valence-corrected chi connectivity index (χ3v) is 6.42. The van der Waals surface area contributed by atoms with E-state index in [-0.39, 0.29) is 17.2 Å². The normalized spacial score (nSPS) is 11.4. The van der Waals surface area contributed by atoms with Crippen molar-refractivity contribution in [1.29, 1.82) is 0 Å². The Labute approximate surface area is 165 Å². The Balaban J connectivity index is 1.74. The van der Waals surface area contributed by atoms with Gasteiger partial charge in [-0.3, -0.25) is 4.79 Å². The van der Waals surface area contributed by atoms with Gasteiger partial charge in [0.15, 0.2) is 5.13 Å². The van der Waals surface area contributed by atoms with Crippen LogP contribution in [0, 0.1) is 20.8 Å². The number of nitrogens with zero attached hydrogens (tertiary/aromatic N) is 2. The molecule has 0 fully saturated rings. The van der Waals surface area contributed by atoms with Gasteiger partial charge in [0.25, 0.3) is 10.0 Å². The summed E-state index contributed by atoms with van der Waals surface area (Å²) >= 11 is 1.25. The molecule has 0 radical (unpaired) electrons. The summed E-state index contributed by atoms with van der Waals surface area (Å²) in [5.41, 5.74) is 2.51. The van der Waals surface area contributed by atoms with Crippen LogP contribution in [0.15, 0.2) is 33.7 Å². The summed E-state index contributed by atoms with van der Waals surface area (Å²) < 4.78 is 32.4. The molecule has 0 spiro atoms. The number of sulfonamides is 1. The van der Waals surface area contributed by atoms with E-state index in [0.29, 0.717) is 32.6 Å². The van der Waals surface area contributed by atoms with Crippen LogP contribution in [0.25, 0.3) is 0 Å². The number of carbonyl (C=O) groups is 1. The maximum Gasteiger partial charge on any atom is 0.308 e. The zero-order valence-electron chi connectivity index (χ0n) is 15.3. The number of hydrogen-bond acceptors (Lipinski definition) is 8. The molecular weight excluding hydrogens is 404 g/mol. The average Bonchev–Trinajstić information content (AvgIpc) is 3.11. The number of carboxylic acids is 1. The Bertz CT molecular complexity index is 1120. The second-order valence-electron chi connectivity index (χ2n) is 6.08. The Morgan fingerprint density at radius 2 is 1.86 bits per heavy atom. The molecule has 9 nitrogen and oxygen atoms in total. The second-order valence-corrected chi connectivity index (χ2v) is 8.84. The fourth-order valence-corrected chi connectivity index (χ4v) is 4.34. The standard InChI is InChI=1S/C17H18N4O5S2/c1-9-10(2)20-26-16(9)21-28(24,25)13-6-4-12(5-7-13)19-17-18-11(3)14(27-17)8-15(22)23/h4-7,21H,8H2,1-3H3,(H,18,19)(H,22,23). The van der Waals surface area contributed by atoms with Crippen LogP contribution >= 0.6 is 11.3 Å². The molecule has 3 rings (SSSR count). The van der Waals surface area contributed by atoms with Crippen molar-refractivity contribution in [3.63, 3.8) is 0 Å². The molecule has 0 unspecified atom stereocenters. The first kappa shape index (κ1) is 19.8. The van der Waals surface area contributed by atoms with E-state index >= 15 is 0 Å². The maximum absolute atomic E-state index is 12.5. The number of anilines is 3. The van der Waals surface area contributed by atoms with E-state index in [4.69, 9.17) is 9.63 Å². The third-order valence-electron chi connectivity index (χ3n) is 4.00. The highest BCUT2D eigenvalue weighted by Crippen LogP contribution is 2.27. The number of aromatic nitrogens is 2. The number of thiazole rings is 1. The van der Waals surface area contributed by atoms with E-state index in [1.54, 1.807) is 32.9 Å². The molecule has 1 aromatic carbocycles. The van der Waals surface area contributed by atoms with Crippen LogP contribution in [0.5, 0.6) is 0 Å². The highest BCUT2D eigenvalue weighted by atomic mass is 32.2. The molecule has 148 valence electrons. The lowest BCUT2D eigenvalue weighted by Crippen LogP contribution is -2.13. The van der Waals surface area contributed by atoms with E-state index in [9.17, 15) is 13.2 Å². The number of rotatable bonds is 7. The van der Waals surface area contributed by atoms with Gasteiger partial charge in [0, 0.05) is 16.1 Å². The lowest BCUT2D eigenvalue weighted by molar-refractivity contribution is -0.136. The van der Waals surface area contributed by atoms with Gasteiger partial charge in [-0.2, -0.15) is 0 Å². The minimum atomic E-state index is -3.82. The quantitative estimate of drug-likeness (QED) is 0.528. The van der Waals surface area contributed by atoms with Gasteiger partial charge in [0.2, 0.25) is 5.88 Å². The molecule has 2 heterocycles. The minimum Gasteiger partial charge on any atom is -0.481 e. The van der Waals surface area contributed by atoms with Gasteiger partial charge in [-0.1, -0.05) is 5.16 Å². The zero-order valence-corrected chi connectivity index (χ0v) is 16.9. The first-order valence-corrected chi connectivity index (χ1v) is 10.5. The number of benzene rings is 1. The maximum atomic E-state index is 12.5. The van der Waals surface area contributed by atoms with Gasteiger partial charge < -0.3 is 14.9 Å². The lowest BCUT2D eigenvalue weighted by atomic mass is 10.3. The van der Waals surface area contributed by atoms with Crippen LogP contribution in [0.1, 0.15) is 21.8 Å². The molecule has 0 aliphatic carbocycles. The van der Waals surface area contributed by atoms with Crippen LogP contribution in [0.4, 0.5) is 16.7 Å². The zero-order chi connectivity index (χ0) is 20.5. The van der Waals surface area contributed by atoms with E-state index < -0.39 is 16.0 Å². The van der Waals surface area contributed by atoms with Crippen molar-refractivity contribution in [3.05, 3.63) is 46.1 Å². The van der Waals surface area contributed by atoms with E-state index in [2.05, 4.69) is 20.2 Å². The summed E-state index contributed by atoms with van der Waals surface area (Å²) in [7, 11) is -3.82. The number of hydrogen-bond donors (Lipinski definition) is 3. The predicted molar refractivity (Wildman–Crippen MR) is 105 cm³/mol. The smallest absolute Gasteiger partial charge is 0.308 e. The molecule has 3 aromatic rings. The fraction of sp³-hybridized carbons (Fsp3) is 0.235. The van der Waals surface area contributed by atoms with Crippen LogP contribution in [-0.2, 0) is 21.2 Å². The SMILES string of the molecule is Cc1nc(Nc2ccc(S(=O)(=O)Nc3onc(C)c3C)cc2)sc1CC(=O)O. The van der Waals surface area contributed by atoms with Gasteiger partial charge in [-0.15, -0.1) is 11.3 Å². The molecule has 0 aliphatic heterocycles. The van der Waals surface area contributed by atoms with Crippen molar-refractivity contribution in [2.75, 3.05) is 10.0 Å². The summed E-state index contributed by atoms with van der Waals surface area (Å²) in [5.74, 6) is -0.832. The van der Waals surface area contributed by atoms with E-state index in [1.807, 2.05) is 0 Å². The Morgan fingerprint density at radius 1 is 1.18 bits per heavy atom. The molecule has 2 aromatic heterocycles. The lowest BCUT2D eigenvalue weighted by Gasteiger charge is -2.07. The van der Waals surface area contributed by atoms with Crippen molar-refractivity contribution in [3.8, 4) is 0 Å². The summed E-state index contributed by atoms with van der Waals surface area (Å²) in [6.45, 7) is 5.18. The predicted octanol–water partition coefficient (Wildman–Crippen LogP) is 3.23. The summed E-state index contributed by atoms with van der Waals surface area (Å²) in [4.78, 5) is 15.9. The largest absolute Gasteiger partial charge is 0.481 e. The van der Waals surface area contributed by atoms with Crippen molar-refractivity contribution in [1.82, 2.24) is 10.1 Å². The van der Waals surface area contributed by atoms with E-state index in [0.717, 1.165) is 0 Å². The summed E-state index contributed by atoms with van der Waals surface area (Å²) in [6, 6.07) is 6.09. The molecule has 0 atom stereocenters. The average molecular weight is 422 g/mol. The van der Waals surface area contributed by atoms with Gasteiger partial charge in [-0.05, 0) is 45.0 Å². The Morgan fingerprint density at radius 3 is 2.43 bits per heavy atom. The Hall–Kier alpha value is -2.92. The highest BCUT2D eigenvalue weighted by molar-refractivity contribution is 7.92. The Kier molecular flexibility index (Phi) is 5.38. The van der Waals surface area contributed by atoms with Crippen LogP contribution in [-0.4, -0.2) is 29.6 Å². The molecule has 0 saturated heterocycles. The molecule has 11 heteroatoms. The van der Waals surface area contributed by atoms with Crippen molar-refractivity contribution < 1.29 is 22.8 Å². The van der Waals surface area contributed by atoms with Crippen LogP contribution in [0.2, 0.25) is 0 Å². The van der Waals surface area contributed by atoms with Crippen LogP contribution < -0.4 is 10.0 Å². The molecule has 0 saturated carbocycles. The van der Waals surface area contributed by atoms with Gasteiger partial charge >= 0.3 is 5.97 Å². The van der Waals surface area contributed by atoms with Gasteiger partial charge in [0.1, 0.15) is 0 Å². The molecule has 0 bridgehead atoms. The van der Waals surface area contributed by atoms with Gasteiger partial charge in [0.05, 0.1) is 22.7 Å². The van der Waals surface area contributed by atoms with Gasteiger partial charge in [-0.25, -0.2) is 18.1 Å². The van der Waals surface area contributed by atoms with E-state index in [1.165, 1.54) is 23.5 Å². The number of nitrogens with one attached hydrogen (secondary N) is 2. The van der Waals surface area contributed by atoms with Crippen molar-refractivity contribution in [2.24, 2.45) is 0 Å². The molecule has 0 amide bonds. The summed E-state index contributed by atoms with van der Waals surface area (Å²) in [5, 5.41) is 16.2. The molecular formula is C17H18N4O5S2. The highest BCUT2D eigenvalue weighted by Gasteiger charge is 2.19. The monoisotopic (exact) mass is 422 g/mol. The first-order chi connectivity index (χ1) is 13.2. The molecule has 28 heavy (non-hydrogen) atoms. The number of aliphatic carboxylic acids is 1. The fourth-order valence-electron chi connectivity index (χ4n) is 2.32. The van der Waals surface area contributed by atoms with Crippen molar-refractivity contribution >= 4 is 44.0 Å². The minimum absolute atomic E-state index is 0.0633. The molecule has 3 N–H and O–H groups in total. The second kappa shape index (κ2) is 7.60. The molecule has 0 aliphatic rings. The first-order valence-electron chi connectivity index (χ1n) is 8.16. The number of aryl methyl sites for hydroxylation is 2. The number of carboxylic acid groups (broad SMARTS) is 1. The van der Waals surface area contributed by atoms with Crippen LogP contribution in [0.3, 0.4) is 0 Å². The third kappa shape index (κ3) is 4.31. The topological polar surface area (TPSA) is 134 Å².